The van der Waals surface area contributed by atoms with Crippen molar-refractivity contribution in [2.24, 2.45) is 0 Å². The summed E-state index contributed by atoms with van der Waals surface area (Å²) >= 11 is 0. The number of hydrogen-bond donors (Lipinski definition) is 1. The minimum Gasteiger partial charge on any atom is -0.385 e. The molecule has 0 aliphatic carbocycles. The Hall–Kier alpha value is -2.99. The summed E-state index contributed by atoms with van der Waals surface area (Å²) < 4.78 is 18.2. The van der Waals surface area contributed by atoms with Crippen molar-refractivity contribution in [3.8, 4) is 0 Å². The number of carbonyl (C=O) groups excluding carboxylic acids is 2. The molecule has 1 N–H and O–H groups in total. The van der Waals surface area contributed by atoms with E-state index < -0.39 is 5.91 Å². The molecule has 0 spiro atoms. The molecule has 1 heterocycles. The highest BCUT2D eigenvalue weighted by molar-refractivity contribution is 6.36. The molecule has 1 aliphatic heterocycles. The van der Waals surface area contributed by atoms with Gasteiger partial charge in [0, 0.05) is 25.9 Å². The maximum atomic E-state index is 13.2. The van der Waals surface area contributed by atoms with Crippen LogP contribution in [0.5, 0.6) is 0 Å². The Morgan fingerprint density at radius 2 is 1.67 bits per heavy atom. The smallest absolute Gasteiger partial charge is 0.278 e. The van der Waals surface area contributed by atoms with Gasteiger partial charge in [-0.2, -0.15) is 0 Å². The molecule has 6 heteroatoms. The Labute approximate surface area is 157 Å². The standard InChI is InChI=1S/C21H21FN2O3/c1-14-4-6-15(7-5-14)18-19(23-17-10-8-16(22)9-11-17)21(26)24(20(18)25)12-3-13-27-2/h4-11,23H,3,12-13H2,1-2H3. The number of rotatable bonds is 7. The first-order valence-electron chi connectivity index (χ1n) is 8.70. The third-order valence-corrected chi connectivity index (χ3v) is 4.35. The molecule has 0 fully saturated rings. The summed E-state index contributed by atoms with van der Waals surface area (Å²) in [6.07, 6.45) is 0.555. The number of methoxy groups -OCH3 is 1. The molecule has 2 amide bonds. The number of nitrogens with zero attached hydrogens (tertiary/aromatic N) is 1. The molecule has 3 rings (SSSR count). The lowest BCUT2D eigenvalue weighted by Crippen LogP contribution is -2.33. The maximum absolute atomic E-state index is 13.2. The van der Waals surface area contributed by atoms with Crippen LogP contribution in [-0.4, -0.2) is 37.0 Å². The number of nitrogens with one attached hydrogen (secondary N) is 1. The van der Waals surface area contributed by atoms with Gasteiger partial charge in [0.2, 0.25) is 0 Å². The summed E-state index contributed by atoms with van der Waals surface area (Å²) in [4.78, 5) is 27.1. The minimum absolute atomic E-state index is 0.202. The van der Waals surface area contributed by atoms with Gasteiger partial charge >= 0.3 is 0 Å². The van der Waals surface area contributed by atoms with Crippen LogP contribution in [0.15, 0.2) is 54.2 Å². The van der Waals surface area contributed by atoms with Crippen LogP contribution in [0.1, 0.15) is 17.5 Å². The average molecular weight is 368 g/mol. The zero-order valence-corrected chi connectivity index (χ0v) is 15.3. The fourth-order valence-corrected chi connectivity index (χ4v) is 2.93. The number of carbonyl (C=O) groups is 2. The van der Waals surface area contributed by atoms with Crippen molar-refractivity contribution in [1.29, 1.82) is 0 Å². The summed E-state index contributed by atoms with van der Waals surface area (Å²) in [5.74, 6) is -1.11. The van der Waals surface area contributed by atoms with Crippen molar-refractivity contribution < 1.29 is 18.7 Å². The molecule has 2 aromatic carbocycles. The van der Waals surface area contributed by atoms with Gasteiger partial charge in [-0.1, -0.05) is 29.8 Å². The van der Waals surface area contributed by atoms with Gasteiger partial charge in [-0.3, -0.25) is 14.5 Å². The number of aryl methyl sites for hydroxylation is 1. The van der Waals surface area contributed by atoms with Crippen LogP contribution < -0.4 is 5.32 Å². The lowest BCUT2D eigenvalue weighted by molar-refractivity contribution is -0.136. The fraction of sp³-hybridized carbons (Fsp3) is 0.238. The van der Waals surface area contributed by atoms with Gasteiger partial charge in [0.25, 0.3) is 11.8 Å². The zero-order valence-electron chi connectivity index (χ0n) is 15.3. The highest BCUT2D eigenvalue weighted by Gasteiger charge is 2.38. The SMILES string of the molecule is COCCCN1C(=O)C(Nc2ccc(F)cc2)=C(c2ccc(C)cc2)C1=O. The van der Waals surface area contributed by atoms with E-state index in [1.165, 1.54) is 29.2 Å². The van der Waals surface area contributed by atoms with Crippen LogP contribution in [-0.2, 0) is 14.3 Å². The van der Waals surface area contributed by atoms with E-state index in [0.717, 1.165) is 5.56 Å². The molecule has 5 nitrogen and oxygen atoms in total. The van der Waals surface area contributed by atoms with Crippen molar-refractivity contribution in [3.63, 3.8) is 0 Å². The molecule has 0 unspecified atom stereocenters. The largest absolute Gasteiger partial charge is 0.385 e. The molecule has 0 saturated heterocycles. The van der Waals surface area contributed by atoms with Crippen LogP contribution in [0, 0.1) is 12.7 Å². The number of halogens is 1. The second-order valence-corrected chi connectivity index (χ2v) is 6.36. The van der Waals surface area contributed by atoms with Crippen LogP contribution in [0.4, 0.5) is 10.1 Å². The Kier molecular flexibility index (Phi) is 5.66. The lowest BCUT2D eigenvalue weighted by atomic mass is 10.0. The van der Waals surface area contributed by atoms with Crippen molar-refractivity contribution >= 4 is 23.1 Å². The molecule has 27 heavy (non-hydrogen) atoms. The molecule has 0 bridgehead atoms. The van der Waals surface area contributed by atoms with Gasteiger partial charge in [0.15, 0.2) is 0 Å². The summed E-state index contributed by atoms with van der Waals surface area (Å²) in [7, 11) is 1.57. The number of benzene rings is 2. The number of hydrogen-bond acceptors (Lipinski definition) is 4. The molecule has 140 valence electrons. The molecular formula is C21H21FN2O3. The van der Waals surface area contributed by atoms with Gasteiger partial charge in [0.05, 0.1) is 5.57 Å². The van der Waals surface area contributed by atoms with Crippen LogP contribution in [0.2, 0.25) is 0 Å². The third kappa shape index (κ3) is 4.06. The Bertz CT molecular complexity index is 873. The maximum Gasteiger partial charge on any atom is 0.278 e. The van der Waals surface area contributed by atoms with Crippen LogP contribution in [0.25, 0.3) is 5.57 Å². The molecule has 0 atom stereocenters. The van der Waals surface area contributed by atoms with Gasteiger partial charge in [-0.15, -0.1) is 0 Å². The number of ether oxygens (including phenoxy) is 1. The quantitative estimate of drug-likeness (QED) is 0.601. The highest BCUT2D eigenvalue weighted by atomic mass is 19.1. The van der Waals surface area contributed by atoms with E-state index >= 15 is 0 Å². The zero-order chi connectivity index (χ0) is 19.4. The summed E-state index contributed by atoms with van der Waals surface area (Å²) in [5, 5.41) is 3.00. The lowest BCUT2D eigenvalue weighted by Gasteiger charge is -2.15. The Morgan fingerprint density at radius 3 is 2.30 bits per heavy atom. The fourth-order valence-electron chi connectivity index (χ4n) is 2.93. The van der Waals surface area contributed by atoms with Crippen molar-refractivity contribution in [2.75, 3.05) is 25.6 Å². The second-order valence-electron chi connectivity index (χ2n) is 6.36. The summed E-state index contributed by atoms with van der Waals surface area (Å²) in [6, 6.07) is 13.1. The Balaban J connectivity index is 1.97. The number of amides is 2. The monoisotopic (exact) mass is 368 g/mol. The van der Waals surface area contributed by atoms with Gasteiger partial charge in [-0.05, 0) is 43.2 Å². The topological polar surface area (TPSA) is 58.6 Å². The number of imide groups is 1. The first-order chi connectivity index (χ1) is 13.0. The van der Waals surface area contributed by atoms with E-state index in [2.05, 4.69) is 5.32 Å². The predicted molar refractivity (Wildman–Crippen MR) is 101 cm³/mol. The number of anilines is 1. The van der Waals surface area contributed by atoms with Gasteiger partial charge in [0.1, 0.15) is 11.5 Å². The van der Waals surface area contributed by atoms with E-state index in [4.69, 9.17) is 4.74 Å². The molecule has 0 saturated carbocycles. The molecular weight excluding hydrogens is 347 g/mol. The minimum atomic E-state index is -0.393. The third-order valence-electron chi connectivity index (χ3n) is 4.35. The van der Waals surface area contributed by atoms with E-state index in [-0.39, 0.29) is 24.0 Å². The van der Waals surface area contributed by atoms with Gasteiger partial charge < -0.3 is 10.1 Å². The van der Waals surface area contributed by atoms with Crippen molar-refractivity contribution in [1.82, 2.24) is 4.90 Å². The summed E-state index contributed by atoms with van der Waals surface area (Å²) in [5.41, 5.74) is 2.78. The predicted octanol–water partition coefficient (Wildman–Crippen LogP) is 3.36. The molecule has 1 aliphatic rings. The first-order valence-corrected chi connectivity index (χ1v) is 8.70. The molecule has 0 radical (unpaired) electrons. The van der Waals surface area contributed by atoms with Crippen molar-refractivity contribution in [2.45, 2.75) is 13.3 Å². The average Bonchev–Trinajstić information content (AvgIpc) is 2.89. The summed E-state index contributed by atoms with van der Waals surface area (Å²) in [6.45, 7) is 2.68. The van der Waals surface area contributed by atoms with E-state index in [0.29, 0.717) is 29.9 Å². The second kappa shape index (κ2) is 8.14. The van der Waals surface area contributed by atoms with E-state index in [9.17, 15) is 14.0 Å². The van der Waals surface area contributed by atoms with Crippen LogP contribution >= 0.6 is 0 Å². The normalized spacial score (nSPS) is 14.3. The van der Waals surface area contributed by atoms with Gasteiger partial charge in [-0.25, -0.2) is 4.39 Å². The Morgan fingerprint density at radius 1 is 1.00 bits per heavy atom. The van der Waals surface area contributed by atoms with Crippen molar-refractivity contribution in [3.05, 3.63) is 71.2 Å². The molecule has 2 aromatic rings. The first kappa shape index (κ1) is 18.8. The van der Waals surface area contributed by atoms with Crippen LogP contribution in [0.3, 0.4) is 0 Å². The van der Waals surface area contributed by atoms with E-state index in [1.807, 2.05) is 31.2 Å². The van der Waals surface area contributed by atoms with E-state index in [1.54, 1.807) is 7.11 Å². The highest BCUT2D eigenvalue weighted by Crippen LogP contribution is 2.30. The molecule has 0 aromatic heterocycles.